The van der Waals surface area contributed by atoms with Gasteiger partial charge in [0.25, 0.3) is 0 Å². The predicted molar refractivity (Wildman–Crippen MR) is 59.0 cm³/mol. The second-order valence-corrected chi connectivity index (χ2v) is 3.11. The molecule has 3 heteroatoms. The molecule has 0 radical (unpaired) electrons. The van der Waals surface area contributed by atoms with Crippen molar-refractivity contribution in [1.82, 2.24) is 9.97 Å². The summed E-state index contributed by atoms with van der Waals surface area (Å²) >= 11 is 0. The van der Waals surface area contributed by atoms with E-state index in [1.54, 1.807) is 12.3 Å². The number of fused-ring (bicyclic) bond motifs is 1. The standard InChI is InChI=1S/C12H9N3/c1-2-3-10-4-5-11-12(15-10)6-9(7-13)8-14-11/h2-6,8H,1H3/b3-2-. The fraction of sp³-hybridized carbons (Fsp3) is 0.0833. The molecule has 0 spiro atoms. The van der Waals surface area contributed by atoms with E-state index in [1.165, 1.54) is 0 Å². The van der Waals surface area contributed by atoms with Gasteiger partial charge in [-0.15, -0.1) is 0 Å². The highest BCUT2D eigenvalue weighted by molar-refractivity contribution is 5.76. The summed E-state index contributed by atoms with van der Waals surface area (Å²) in [7, 11) is 0. The molecule has 0 N–H and O–H groups in total. The number of rotatable bonds is 1. The van der Waals surface area contributed by atoms with Gasteiger partial charge in [0.2, 0.25) is 0 Å². The Hall–Kier alpha value is -2.21. The van der Waals surface area contributed by atoms with Gasteiger partial charge < -0.3 is 0 Å². The summed E-state index contributed by atoms with van der Waals surface area (Å²) in [5.41, 5.74) is 2.97. The van der Waals surface area contributed by atoms with Crippen LogP contribution in [0.2, 0.25) is 0 Å². The van der Waals surface area contributed by atoms with Crippen LogP contribution in [0.25, 0.3) is 17.1 Å². The fourth-order valence-corrected chi connectivity index (χ4v) is 1.35. The Morgan fingerprint density at radius 2 is 2.20 bits per heavy atom. The Labute approximate surface area is 87.7 Å². The van der Waals surface area contributed by atoms with E-state index < -0.39 is 0 Å². The van der Waals surface area contributed by atoms with Crippen LogP contribution in [0.1, 0.15) is 18.2 Å². The highest BCUT2D eigenvalue weighted by Gasteiger charge is 1.98. The maximum absolute atomic E-state index is 8.74. The van der Waals surface area contributed by atoms with Crippen molar-refractivity contribution in [3.8, 4) is 6.07 Å². The highest BCUT2D eigenvalue weighted by atomic mass is 14.8. The topological polar surface area (TPSA) is 49.6 Å². The number of pyridine rings is 2. The van der Waals surface area contributed by atoms with Crippen LogP contribution in [0.15, 0.2) is 30.5 Å². The smallest absolute Gasteiger partial charge is 0.101 e. The van der Waals surface area contributed by atoms with Crippen molar-refractivity contribution in [3.05, 3.63) is 41.7 Å². The molecule has 15 heavy (non-hydrogen) atoms. The Morgan fingerprint density at radius 3 is 2.93 bits per heavy atom. The van der Waals surface area contributed by atoms with Gasteiger partial charge in [0.1, 0.15) is 6.07 Å². The average molecular weight is 195 g/mol. The van der Waals surface area contributed by atoms with E-state index in [4.69, 9.17) is 5.26 Å². The molecule has 2 heterocycles. The molecule has 0 unspecified atom stereocenters. The zero-order chi connectivity index (χ0) is 10.7. The molecule has 2 aromatic rings. The Kier molecular flexibility index (Phi) is 2.42. The maximum Gasteiger partial charge on any atom is 0.101 e. The summed E-state index contributed by atoms with van der Waals surface area (Å²) in [4.78, 5) is 8.52. The van der Waals surface area contributed by atoms with Gasteiger partial charge in [0, 0.05) is 6.20 Å². The number of hydrogen-bond acceptors (Lipinski definition) is 3. The SMILES string of the molecule is C/C=C\c1ccc2ncc(C#N)cc2n1. The Morgan fingerprint density at radius 1 is 1.33 bits per heavy atom. The van der Waals surface area contributed by atoms with Gasteiger partial charge in [-0.05, 0) is 31.2 Å². The second kappa shape index (κ2) is 3.89. The zero-order valence-electron chi connectivity index (χ0n) is 8.31. The van der Waals surface area contributed by atoms with Crippen molar-refractivity contribution < 1.29 is 0 Å². The normalized spacial score (nSPS) is 10.7. The lowest BCUT2D eigenvalue weighted by molar-refractivity contribution is 1.30. The van der Waals surface area contributed by atoms with E-state index in [2.05, 4.69) is 16.0 Å². The Balaban J connectivity index is 2.63. The van der Waals surface area contributed by atoms with Crippen LogP contribution in [-0.4, -0.2) is 9.97 Å². The lowest BCUT2D eigenvalue weighted by Gasteiger charge is -1.98. The van der Waals surface area contributed by atoms with Gasteiger partial charge in [-0.25, -0.2) is 4.98 Å². The van der Waals surface area contributed by atoms with E-state index in [9.17, 15) is 0 Å². The van der Waals surface area contributed by atoms with Crippen LogP contribution < -0.4 is 0 Å². The second-order valence-electron chi connectivity index (χ2n) is 3.11. The van der Waals surface area contributed by atoms with Crippen molar-refractivity contribution in [2.45, 2.75) is 6.92 Å². The third kappa shape index (κ3) is 1.84. The third-order valence-corrected chi connectivity index (χ3v) is 2.03. The first-order chi connectivity index (χ1) is 7.33. The van der Waals surface area contributed by atoms with Crippen molar-refractivity contribution in [1.29, 1.82) is 5.26 Å². The quantitative estimate of drug-likeness (QED) is 0.702. The summed E-state index contributed by atoms with van der Waals surface area (Å²) in [6.45, 7) is 1.94. The molecule has 0 aliphatic rings. The lowest BCUT2D eigenvalue weighted by Crippen LogP contribution is -1.87. The molecule has 0 atom stereocenters. The minimum atomic E-state index is 0.535. The molecule has 72 valence electrons. The first-order valence-electron chi connectivity index (χ1n) is 4.63. The van der Waals surface area contributed by atoms with E-state index in [-0.39, 0.29) is 0 Å². The first kappa shape index (κ1) is 9.35. The van der Waals surface area contributed by atoms with Crippen LogP contribution in [0.5, 0.6) is 0 Å². The number of allylic oxidation sites excluding steroid dienone is 1. The predicted octanol–water partition coefficient (Wildman–Crippen LogP) is 2.53. The fourth-order valence-electron chi connectivity index (χ4n) is 1.35. The minimum Gasteiger partial charge on any atom is -0.253 e. The molecule has 0 saturated carbocycles. The highest BCUT2D eigenvalue weighted by Crippen LogP contribution is 2.12. The van der Waals surface area contributed by atoms with Crippen LogP contribution in [0.3, 0.4) is 0 Å². The third-order valence-electron chi connectivity index (χ3n) is 2.03. The number of nitriles is 1. The zero-order valence-corrected chi connectivity index (χ0v) is 8.31. The molecule has 3 nitrogen and oxygen atoms in total. The molecule has 0 amide bonds. The molecular weight excluding hydrogens is 186 g/mol. The summed E-state index contributed by atoms with van der Waals surface area (Å²) in [5.74, 6) is 0. The molecule has 0 fully saturated rings. The van der Waals surface area contributed by atoms with E-state index in [0.717, 1.165) is 16.7 Å². The molecule has 2 rings (SSSR count). The maximum atomic E-state index is 8.74. The van der Waals surface area contributed by atoms with Gasteiger partial charge in [0.05, 0.1) is 22.3 Å². The number of aromatic nitrogens is 2. The molecular formula is C12H9N3. The van der Waals surface area contributed by atoms with Gasteiger partial charge >= 0.3 is 0 Å². The largest absolute Gasteiger partial charge is 0.253 e. The van der Waals surface area contributed by atoms with Crippen molar-refractivity contribution in [2.24, 2.45) is 0 Å². The lowest BCUT2D eigenvalue weighted by atomic mass is 10.2. The van der Waals surface area contributed by atoms with Crippen molar-refractivity contribution in [3.63, 3.8) is 0 Å². The van der Waals surface area contributed by atoms with Crippen LogP contribution in [0.4, 0.5) is 0 Å². The molecule has 0 aliphatic heterocycles. The van der Waals surface area contributed by atoms with E-state index in [1.807, 2.05) is 31.2 Å². The molecule has 0 aliphatic carbocycles. The van der Waals surface area contributed by atoms with Crippen LogP contribution in [-0.2, 0) is 0 Å². The van der Waals surface area contributed by atoms with Gasteiger partial charge in [0.15, 0.2) is 0 Å². The number of hydrogen-bond donors (Lipinski definition) is 0. The number of nitrogens with zero attached hydrogens (tertiary/aromatic N) is 3. The summed E-state index contributed by atoms with van der Waals surface area (Å²) in [6.07, 6.45) is 5.40. The van der Waals surface area contributed by atoms with E-state index >= 15 is 0 Å². The first-order valence-corrected chi connectivity index (χ1v) is 4.63. The van der Waals surface area contributed by atoms with Crippen LogP contribution >= 0.6 is 0 Å². The monoisotopic (exact) mass is 195 g/mol. The van der Waals surface area contributed by atoms with Crippen LogP contribution in [0, 0.1) is 11.3 Å². The molecule has 0 aromatic carbocycles. The summed E-state index contributed by atoms with van der Waals surface area (Å²) in [6, 6.07) is 7.60. The summed E-state index contributed by atoms with van der Waals surface area (Å²) in [5, 5.41) is 8.74. The van der Waals surface area contributed by atoms with E-state index in [0.29, 0.717) is 5.56 Å². The summed E-state index contributed by atoms with van der Waals surface area (Å²) < 4.78 is 0. The van der Waals surface area contributed by atoms with Gasteiger partial charge in [-0.2, -0.15) is 5.26 Å². The Bertz CT molecular complexity index is 565. The molecule has 0 saturated heterocycles. The molecule has 2 aromatic heterocycles. The van der Waals surface area contributed by atoms with Gasteiger partial charge in [-0.3, -0.25) is 4.98 Å². The molecule has 0 bridgehead atoms. The minimum absolute atomic E-state index is 0.535. The van der Waals surface area contributed by atoms with Crippen molar-refractivity contribution in [2.75, 3.05) is 0 Å². The average Bonchev–Trinajstić information content (AvgIpc) is 2.28. The van der Waals surface area contributed by atoms with Crippen molar-refractivity contribution >= 4 is 17.1 Å². The van der Waals surface area contributed by atoms with Gasteiger partial charge in [-0.1, -0.05) is 6.08 Å².